The molecule has 0 spiro atoms. The van der Waals surface area contributed by atoms with Crippen molar-refractivity contribution in [3.63, 3.8) is 0 Å². The van der Waals surface area contributed by atoms with E-state index in [0.717, 1.165) is 0 Å². The zero-order valence-electron chi connectivity index (χ0n) is 17.9. The molecular formula is C27H34S. The Labute approximate surface area is 176 Å². The molecule has 1 fully saturated rings. The second-order valence-electron chi connectivity index (χ2n) is 10.3. The molecular weight excluding hydrogens is 356 g/mol. The maximum atomic E-state index is 5.05. The first-order valence-electron chi connectivity index (χ1n) is 10.9. The van der Waals surface area contributed by atoms with Crippen LogP contribution in [-0.2, 0) is 5.41 Å². The third-order valence-corrected chi connectivity index (χ3v) is 7.48. The van der Waals surface area contributed by atoms with Crippen LogP contribution in [0, 0.1) is 5.41 Å². The molecule has 28 heavy (non-hydrogen) atoms. The highest BCUT2D eigenvalue weighted by atomic mass is 32.1. The summed E-state index contributed by atoms with van der Waals surface area (Å²) < 4.78 is 0. The summed E-state index contributed by atoms with van der Waals surface area (Å²) >= 11 is 5.05. The summed E-state index contributed by atoms with van der Waals surface area (Å²) in [7, 11) is 0. The van der Waals surface area contributed by atoms with Gasteiger partial charge < -0.3 is 0 Å². The van der Waals surface area contributed by atoms with Crippen LogP contribution < -0.4 is 0 Å². The van der Waals surface area contributed by atoms with Gasteiger partial charge in [0.15, 0.2) is 0 Å². The van der Waals surface area contributed by atoms with Crippen molar-refractivity contribution >= 4 is 18.7 Å². The third-order valence-electron chi connectivity index (χ3n) is 6.87. The van der Waals surface area contributed by atoms with E-state index in [1.54, 1.807) is 0 Å². The molecule has 1 heteroatoms. The van der Waals surface area contributed by atoms with E-state index in [4.69, 9.17) is 12.6 Å². The Morgan fingerprint density at radius 3 is 2.29 bits per heavy atom. The number of hydrogen-bond donors (Lipinski definition) is 1. The van der Waals surface area contributed by atoms with E-state index in [2.05, 4.69) is 76.2 Å². The number of rotatable bonds is 3. The molecule has 0 bridgehead atoms. The van der Waals surface area contributed by atoms with Crippen molar-refractivity contribution in [1.29, 1.82) is 0 Å². The molecule has 2 aliphatic carbocycles. The Balaban J connectivity index is 1.66. The Kier molecular flexibility index (Phi) is 5.25. The predicted octanol–water partition coefficient (Wildman–Crippen LogP) is 8.38. The van der Waals surface area contributed by atoms with Crippen molar-refractivity contribution < 1.29 is 0 Å². The van der Waals surface area contributed by atoms with E-state index >= 15 is 0 Å². The zero-order chi connectivity index (χ0) is 19.9. The van der Waals surface area contributed by atoms with E-state index in [1.165, 1.54) is 71.9 Å². The molecule has 0 radical (unpaired) electrons. The van der Waals surface area contributed by atoms with Crippen molar-refractivity contribution in [2.45, 2.75) is 76.9 Å². The zero-order valence-corrected chi connectivity index (χ0v) is 18.8. The van der Waals surface area contributed by atoms with Crippen molar-refractivity contribution in [1.82, 2.24) is 0 Å². The molecule has 0 aromatic heterocycles. The van der Waals surface area contributed by atoms with Gasteiger partial charge in [0.1, 0.15) is 0 Å². The quantitative estimate of drug-likeness (QED) is 0.500. The highest BCUT2D eigenvalue weighted by Gasteiger charge is 2.32. The molecule has 0 aliphatic heterocycles. The largest absolute Gasteiger partial charge is 0.167 e. The SMILES string of the molecule is CC1(CC2=Cc3c(-c4ccc(C(C)(C)C)cc4)cccc3C2S)CCCCC1. The van der Waals surface area contributed by atoms with E-state index in [9.17, 15) is 0 Å². The van der Waals surface area contributed by atoms with Crippen LogP contribution in [0.3, 0.4) is 0 Å². The van der Waals surface area contributed by atoms with Crippen LogP contribution in [0.2, 0.25) is 0 Å². The standard InChI is InChI=1S/C27H34S/c1-26(2,3)21-13-11-19(12-14-21)22-9-8-10-23-24(22)17-20(25(23)28)18-27(4)15-6-5-7-16-27/h8-14,17,25,28H,5-7,15-16,18H2,1-4H3. The summed E-state index contributed by atoms with van der Waals surface area (Å²) in [5, 5.41) is 0.252. The molecule has 4 rings (SSSR count). The van der Waals surface area contributed by atoms with Gasteiger partial charge in [-0.1, -0.05) is 101 Å². The fraction of sp³-hybridized carbons (Fsp3) is 0.481. The molecule has 148 valence electrons. The van der Waals surface area contributed by atoms with E-state index in [1.807, 2.05) is 0 Å². The van der Waals surface area contributed by atoms with Gasteiger partial charge >= 0.3 is 0 Å². The van der Waals surface area contributed by atoms with E-state index in [0.29, 0.717) is 5.41 Å². The minimum Gasteiger partial charge on any atom is -0.167 e. The van der Waals surface area contributed by atoms with Crippen LogP contribution in [0.5, 0.6) is 0 Å². The maximum Gasteiger partial charge on any atom is 0.0485 e. The van der Waals surface area contributed by atoms with Gasteiger partial charge in [0.25, 0.3) is 0 Å². The fourth-order valence-electron chi connectivity index (χ4n) is 5.07. The first-order valence-corrected chi connectivity index (χ1v) is 11.4. The van der Waals surface area contributed by atoms with Crippen LogP contribution in [0.25, 0.3) is 17.2 Å². The molecule has 2 aromatic rings. The molecule has 1 atom stereocenters. The van der Waals surface area contributed by atoms with Crippen molar-refractivity contribution in [2.75, 3.05) is 0 Å². The third kappa shape index (κ3) is 3.83. The van der Waals surface area contributed by atoms with Crippen LogP contribution >= 0.6 is 12.6 Å². The number of thiol groups is 1. The Bertz CT molecular complexity index is 873. The van der Waals surface area contributed by atoms with Gasteiger partial charge in [-0.2, -0.15) is 12.6 Å². The van der Waals surface area contributed by atoms with Crippen LogP contribution in [0.15, 0.2) is 48.0 Å². The van der Waals surface area contributed by atoms with Gasteiger partial charge in [0.2, 0.25) is 0 Å². The number of fused-ring (bicyclic) bond motifs is 1. The van der Waals surface area contributed by atoms with E-state index < -0.39 is 0 Å². The summed E-state index contributed by atoms with van der Waals surface area (Å²) in [6.07, 6.45) is 10.6. The minimum absolute atomic E-state index is 0.190. The Morgan fingerprint density at radius 2 is 1.64 bits per heavy atom. The Morgan fingerprint density at radius 1 is 0.964 bits per heavy atom. The van der Waals surface area contributed by atoms with Crippen molar-refractivity contribution in [2.24, 2.45) is 5.41 Å². The van der Waals surface area contributed by atoms with Crippen LogP contribution in [-0.4, -0.2) is 0 Å². The summed E-state index contributed by atoms with van der Waals surface area (Å²) in [5.41, 5.74) is 8.99. The molecule has 0 N–H and O–H groups in total. The summed E-state index contributed by atoms with van der Waals surface area (Å²) in [6.45, 7) is 9.31. The summed E-state index contributed by atoms with van der Waals surface area (Å²) in [4.78, 5) is 0. The second kappa shape index (κ2) is 7.41. The van der Waals surface area contributed by atoms with Crippen molar-refractivity contribution in [3.05, 3.63) is 64.7 Å². The summed E-state index contributed by atoms with van der Waals surface area (Å²) in [5.74, 6) is 0. The molecule has 0 saturated heterocycles. The molecule has 2 aromatic carbocycles. The smallest absolute Gasteiger partial charge is 0.0485 e. The number of hydrogen-bond acceptors (Lipinski definition) is 1. The lowest BCUT2D eigenvalue weighted by atomic mass is 9.71. The first-order chi connectivity index (χ1) is 13.3. The normalized spacial score (nSPS) is 21.3. The predicted molar refractivity (Wildman–Crippen MR) is 126 cm³/mol. The highest BCUT2D eigenvalue weighted by Crippen LogP contribution is 2.50. The van der Waals surface area contributed by atoms with Gasteiger partial charge in [-0.05, 0) is 57.9 Å². The topological polar surface area (TPSA) is 0 Å². The maximum absolute atomic E-state index is 5.05. The molecule has 0 nitrogen and oxygen atoms in total. The molecule has 1 unspecified atom stereocenters. The lowest BCUT2D eigenvalue weighted by Crippen LogP contribution is -2.21. The minimum atomic E-state index is 0.190. The number of benzene rings is 2. The summed E-state index contributed by atoms with van der Waals surface area (Å²) in [6, 6.07) is 15.9. The van der Waals surface area contributed by atoms with Crippen LogP contribution in [0.4, 0.5) is 0 Å². The Hall–Kier alpha value is -1.47. The molecule has 1 saturated carbocycles. The first kappa shape index (κ1) is 19.8. The second-order valence-corrected chi connectivity index (χ2v) is 10.8. The molecule has 2 aliphatic rings. The van der Waals surface area contributed by atoms with Gasteiger partial charge in [0.05, 0.1) is 0 Å². The van der Waals surface area contributed by atoms with E-state index in [-0.39, 0.29) is 10.7 Å². The monoisotopic (exact) mass is 390 g/mol. The average molecular weight is 391 g/mol. The van der Waals surface area contributed by atoms with Crippen molar-refractivity contribution in [3.8, 4) is 11.1 Å². The van der Waals surface area contributed by atoms with Gasteiger partial charge in [-0.25, -0.2) is 0 Å². The lowest BCUT2D eigenvalue weighted by Gasteiger charge is -2.34. The molecule has 0 amide bonds. The average Bonchev–Trinajstić information content (AvgIpc) is 2.97. The van der Waals surface area contributed by atoms with Gasteiger partial charge in [0, 0.05) is 5.25 Å². The van der Waals surface area contributed by atoms with Gasteiger partial charge in [-0.15, -0.1) is 0 Å². The highest BCUT2D eigenvalue weighted by molar-refractivity contribution is 7.80. The van der Waals surface area contributed by atoms with Gasteiger partial charge in [-0.3, -0.25) is 0 Å². The lowest BCUT2D eigenvalue weighted by molar-refractivity contribution is 0.214. The van der Waals surface area contributed by atoms with Crippen LogP contribution in [0.1, 0.15) is 88.2 Å². The molecule has 0 heterocycles. The fourth-order valence-corrected chi connectivity index (χ4v) is 5.46.